The van der Waals surface area contributed by atoms with E-state index in [1.165, 1.54) is 0 Å². The molecule has 0 aliphatic heterocycles. The molecular formula is C15H37N5O2. The van der Waals surface area contributed by atoms with Gasteiger partial charge in [0.25, 0.3) is 0 Å². The van der Waals surface area contributed by atoms with Crippen LogP contribution in [-0.4, -0.2) is 82.3 Å². The Bertz CT molecular complexity index is 236. The van der Waals surface area contributed by atoms with Crippen LogP contribution in [0.4, 0.5) is 0 Å². The van der Waals surface area contributed by atoms with Crippen molar-refractivity contribution in [3.05, 3.63) is 0 Å². The van der Waals surface area contributed by atoms with Gasteiger partial charge in [0, 0.05) is 58.9 Å². The van der Waals surface area contributed by atoms with Crippen LogP contribution in [0.15, 0.2) is 0 Å². The predicted molar refractivity (Wildman–Crippen MR) is 92.2 cm³/mol. The van der Waals surface area contributed by atoms with Gasteiger partial charge in [-0.3, -0.25) is 0 Å². The smallest absolute Gasteiger partial charge is 0.0897 e. The summed E-state index contributed by atoms with van der Waals surface area (Å²) in [5.74, 6) is 0. The van der Waals surface area contributed by atoms with Crippen molar-refractivity contribution < 1.29 is 9.84 Å². The van der Waals surface area contributed by atoms with Crippen LogP contribution in [-0.2, 0) is 4.74 Å². The van der Waals surface area contributed by atoms with Gasteiger partial charge < -0.3 is 36.8 Å². The molecule has 0 spiro atoms. The third kappa shape index (κ3) is 17.8. The number of aliphatic hydroxyl groups excluding tert-OH is 1. The monoisotopic (exact) mass is 319 g/mol. The molecule has 0 aliphatic rings. The van der Waals surface area contributed by atoms with E-state index in [1.54, 1.807) is 0 Å². The molecule has 0 saturated carbocycles. The van der Waals surface area contributed by atoms with E-state index in [2.05, 4.69) is 21.3 Å². The van der Waals surface area contributed by atoms with Crippen LogP contribution in [0.2, 0.25) is 0 Å². The molecule has 0 aromatic rings. The first-order valence-corrected chi connectivity index (χ1v) is 8.30. The minimum absolute atomic E-state index is 0.199. The van der Waals surface area contributed by atoms with Crippen LogP contribution >= 0.6 is 0 Å². The van der Waals surface area contributed by atoms with E-state index in [0.717, 1.165) is 45.8 Å². The molecule has 0 rings (SSSR count). The fourth-order valence-corrected chi connectivity index (χ4v) is 1.68. The molecule has 1 atom stereocenters. The lowest BCUT2D eigenvalue weighted by atomic mass is 10.2. The van der Waals surface area contributed by atoms with Gasteiger partial charge in [0.15, 0.2) is 0 Å². The van der Waals surface area contributed by atoms with Crippen LogP contribution in [0.1, 0.15) is 20.8 Å². The van der Waals surface area contributed by atoms with E-state index < -0.39 is 6.10 Å². The van der Waals surface area contributed by atoms with Crippen molar-refractivity contribution >= 4 is 0 Å². The van der Waals surface area contributed by atoms with Crippen molar-refractivity contribution in [2.24, 2.45) is 5.73 Å². The summed E-state index contributed by atoms with van der Waals surface area (Å²) in [6.07, 6.45) is -0.457. The first-order valence-electron chi connectivity index (χ1n) is 8.30. The minimum atomic E-state index is -0.457. The van der Waals surface area contributed by atoms with Crippen molar-refractivity contribution in [3.63, 3.8) is 0 Å². The third-order valence-electron chi connectivity index (χ3n) is 2.85. The Hall–Kier alpha value is -0.280. The van der Waals surface area contributed by atoms with Crippen molar-refractivity contribution in [2.75, 3.05) is 65.5 Å². The summed E-state index contributed by atoms with van der Waals surface area (Å²) >= 11 is 0. The lowest BCUT2D eigenvalue weighted by Crippen LogP contribution is -2.38. The zero-order valence-corrected chi connectivity index (χ0v) is 14.6. The Morgan fingerprint density at radius 3 is 1.77 bits per heavy atom. The van der Waals surface area contributed by atoms with Gasteiger partial charge in [0.05, 0.1) is 18.3 Å². The van der Waals surface area contributed by atoms with E-state index in [1.807, 2.05) is 20.8 Å². The molecule has 7 heteroatoms. The molecule has 0 heterocycles. The first-order chi connectivity index (χ1) is 10.5. The number of hydrogen-bond donors (Lipinski definition) is 6. The van der Waals surface area contributed by atoms with Crippen LogP contribution in [0.25, 0.3) is 0 Å². The Morgan fingerprint density at radius 2 is 1.32 bits per heavy atom. The summed E-state index contributed by atoms with van der Waals surface area (Å²) in [4.78, 5) is 0. The topological polar surface area (TPSA) is 104 Å². The van der Waals surface area contributed by atoms with Crippen LogP contribution in [0, 0.1) is 0 Å². The molecule has 0 aromatic carbocycles. The van der Waals surface area contributed by atoms with Gasteiger partial charge in [-0.2, -0.15) is 0 Å². The number of hydrogen-bond acceptors (Lipinski definition) is 7. The van der Waals surface area contributed by atoms with Gasteiger partial charge in [-0.05, 0) is 20.8 Å². The summed E-state index contributed by atoms with van der Waals surface area (Å²) in [6.45, 7) is 14.0. The highest BCUT2D eigenvalue weighted by Crippen LogP contribution is 2.06. The second-order valence-electron chi connectivity index (χ2n) is 6.32. The largest absolute Gasteiger partial charge is 0.389 e. The van der Waals surface area contributed by atoms with Crippen molar-refractivity contribution in [1.82, 2.24) is 21.3 Å². The van der Waals surface area contributed by atoms with Crippen molar-refractivity contribution in [2.45, 2.75) is 32.5 Å². The van der Waals surface area contributed by atoms with Gasteiger partial charge in [-0.1, -0.05) is 0 Å². The van der Waals surface area contributed by atoms with Crippen molar-refractivity contribution in [3.8, 4) is 0 Å². The third-order valence-corrected chi connectivity index (χ3v) is 2.85. The second kappa shape index (κ2) is 14.3. The highest BCUT2D eigenvalue weighted by atomic mass is 16.5. The quantitative estimate of drug-likeness (QED) is 0.204. The van der Waals surface area contributed by atoms with E-state index in [-0.39, 0.29) is 5.60 Å². The molecule has 7 N–H and O–H groups in total. The number of aliphatic hydroxyl groups is 1. The van der Waals surface area contributed by atoms with Gasteiger partial charge >= 0.3 is 0 Å². The van der Waals surface area contributed by atoms with E-state index in [0.29, 0.717) is 19.7 Å². The van der Waals surface area contributed by atoms with E-state index >= 15 is 0 Å². The van der Waals surface area contributed by atoms with Crippen LogP contribution in [0.3, 0.4) is 0 Å². The summed E-state index contributed by atoms with van der Waals surface area (Å²) in [6, 6.07) is 0. The molecular weight excluding hydrogens is 282 g/mol. The fraction of sp³-hybridized carbons (Fsp3) is 1.00. The summed E-state index contributed by atoms with van der Waals surface area (Å²) in [7, 11) is 0. The average Bonchev–Trinajstić information content (AvgIpc) is 2.45. The van der Waals surface area contributed by atoms with Crippen LogP contribution in [0.5, 0.6) is 0 Å². The normalized spacial score (nSPS) is 13.5. The Morgan fingerprint density at radius 1 is 0.864 bits per heavy atom. The summed E-state index contributed by atoms with van der Waals surface area (Å²) < 4.78 is 5.52. The van der Waals surface area contributed by atoms with Gasteiger partial charge in [0.1, 0.15) is 0 Å². The zero-order chi connectivity index (χ0) is 16.7. The molecule has 134 valence electrons. The van der Waals surface area contributed by atoms with Gasteiger partial charge in [-0.15, -0.1) is 0 Å². The minimum Gasteiger partial charge on any atom is -0.389 e. The average molecular weight is 319 g/mol. The SMILES string of the molecule is CC(C)(C)OCC(O)CNCCNCCNCCNCCN. The van der Waals surface area contributed by atoms with Gasteiger partial charge in [-0.25, -0.2) is 0 Å². The molecule has 22 heavy (non-hydrogen) atoms. The molecule has 1 unspecified atom stereocenters. The fourth-order valence-electron chi connectivity index (χ4n) is 1.68. The molecule has 0 fully saturated rings. The lowest BCUT2D eigenvalue weighted by Gasteiger charge is -2.22. The molecule has 0 bridgehead atoms. The first kappa shape index (κ1) is 21.7. The number of ether oxygens (including phenoxy) is 1. The number of nitrogens with two attached hydrogens (primary N) is 1. The molecule has 0 saturated heterocycles. The Labute approximate surface area is 135 Å². The van der Waals surface area contributed by atoms with Gasteiger partial charge in [0.2, 0.25) is 0 Å². The predicted octanol–water partition coefficient (Wildman–Crippen LogP) is -1.52. The maximum atomic E-state index is 9.74. The molecule has 7 nitrogen and oxygen atoms in total. The Balaban J connectivity index is 3.17. The molecule has 0 aromatic heterocycles. The summed E-state index contributed by atoms with van der Waals surface area (Å²) in [5, 5.41) is 22.9. The van der Waals surface area contributed by atoms with E-state index in [4.69, 9.17) is 10.5 Å². The highest BCUT2D eigenvalue weighted by molar-refractivity contribution is 4.64. The maximum absolute atomic E-state index is 9.74. The number of nitrogens with one attached hydrogen (secondary N) is 4. The molecule has 0 amide bonds. The van der Waals surface area contributed by atoms with Crippen molar-refractivity contribution in [1.29, 1.82) is 0 Å². The molecule has 0 radical (unpaired) electrons. The summed E-state index contributed by atoms with van der Waals surface area (Å²) in [5.41, 5.74) is 5.18. The van der Waals surface area contributed by atoms with E-state index in [9.17, 15) is 5.11 Å². The highest BCUT2D eigenvalue weighted by Gasteiger charge is 2.12. The molecule has 0 aliphatic carbocycles. The maximum Gasteiger partial charge on any atom is 0.0897 e. The zero-order valence-electron chi connectivity index (χ0n) is 14.6. The number of rotatable bonds is 15. The second-order valence-corrected chi connectivity index (χ2v) is 6.32. The standard InChI is InChI=1S/C15H37N5O2/c1-15(2,3)22-13-14(21)12-20-11-10-19-9-8-18-7-6-17-5-4-16/h14,17-21H,4-13,16H2,1-3H3. The Kier molecular flexibility index (Phi) is 14.1. The lowest BCUT2D eigenvalue weighted by molar-refractivity contribution is -0.0477. The van der Waals surface area contributed by atoms with Crippen LogP contribution < -0.4 is 27.0 Å².